The van der Waals surface area contributed by atoms with Gasteiger partial charge in [0.05, 0.1) is 12.2 Å². The Kier molecular flexibility index (Phi) is 4.62. The highest BCUT2D eigenvalue weighted by Crippen LogP contribution is 2.20. The van der Waals surface area contributed by atoms with E-state index in [2.05, 4.69) is 15.3 Å². The molecule has 1 unspecified atom stereocenters. The molecule has 0 aliphatic carbocycles. The maximum absolute atomic E-state index is 5.84. The van der Waals surface area contributed by atoms with Gasteiger partial charge in [0, 0.05) is 11.9 Å². The maximum Gasteiger partial charge on any atom is 0.221 e. The van der Waals surface area contributed by atoms with Gasteiger partial charge in [-0.2, -0.15) is 0 Å². The van der Waals surface area contributed by atoms with Crippen LogP contribution in [-0.4, -0.2) is 28.5 Å². The number of nitrogens with one attached hydrogen (secondary N) is 1. The molecule has 1 rings (SSSR count). The largest absolute Gasteiger partial charge is 0.478 e. The molecule has 1 aromatic rings. The molecule has 0 aliphatic heterocycles. The van der Waals surface area contributed by atoms with Crippen LogP contribution in [-0.2, 0) is 0 Å². The smallest absolute Gasteiger partial charge is 0.221 e. The topological polar surface area (TPSA) is 47.0 Å². The van der Waals surface area contributed by atoms with Gasteiger partial charge in [0.25, 0.3) is 0 Å². The molecule has 84 valence electrons. The van der Waals surface area contributed by atoms with Gasteiger partial charge in [0.2, 0.25) is 5.88 Å². The van der Waals surface area contributed by atoms with Crippen LogP contribution >= 0.6 is 11.6 Å². The molecule has 1 N–H and O–H groups in total. The van der Waals surface area contributed by atoms with E-state index >= 15 is 0 Å². The van der Waals surface area contributed by atoms with Crippen LogP contribution in [0, 0.1) is 6.92 Å². The van der Waals surface area contributed by atoms with Crippen LogP contribution in [0.4, 0.5) is 5.82 Å². The molecular weight excluding hydrogens is 214 g/mol. The summed E-state index contributed by atoms with van der Waals surface area (Å²) in [6.45, 7) is 7.05. The summed E-state index contributed by atoms with van der Waals surface area (Å²) in [6, 6.07) is 0. The zero-order valence-corrected chi connectivity index (χ0v) is 10.0. The third-order valence-corrected chi connectivity index (χ3v) is 2.02. The van der Waals surface area contributed by atoms with Gasteiger partial charge >= 0.3 is 0 Å². The van der Waals surface area contributed by atoms with Crippen molar-refractivity contribution in [3.63, 3.8) is 0 Å². The summed E-state index contributed by atoms with van der Waals surface area (Å²) in [7, 11) is 0. The van der Waals surface area contributed by atoms with Gasteiger partial charge in [-0.05, 0) is 20.8 Å². The summed E-state index contributed by atoms with van der Waals surface area (Å²) in [5.74, 6) is 1.40. The Balaban J connectivity index is 2.75. The van der Waals surface area contributed by atoms with Crippen molar-refractivity contribution < 1.29 is 4.74 Å². The predicted octanol–water partition coefficient (Wildman–Crippen LogP) is 2.22. The van der Waals surface area contributed by atoms with E-state index in [0.717, 1.165) is 11.4 Å². The van der Waals surface area contributed by atoms with Crippen LogP contribution in [0.2, 0.25) is 0 Å². The lowest BCUT2D eigenvalue weighted by Crippen LogP contribution is -2.13. The van der Waals surface area contributed by atoms with Crippen molar-refractivity contribution in [3.8, 4) is 5.88 Å². The number of aromatic nitrogens is 2. The van der Waals surface area contributed by atoms with Gasteiger partial charge in [0.1, 0.15) is 12.1 Å². The molecule has 0 aliphatic rings. The standard InChI is InChI=1S/C10H16ClN3O/c1-4-15-10-8(3)9(13-6-14-10)12-5-7(2)11/h6-7H,4-5H2,1-3H3,(H,12,13,14). The number of hydrogen-bond donors (Lipinski definition) is 1. The monoisotopic (exact) mass is 229 g/mol. The highest BCUT2D eigenvalue weighted by Gasteiger charge is 2.07. The minimum absolute atomic E-state index is 0.0647. The normalized spacial score (nSPS) is 12.3. The second kappa shape index (κ2) is 5.75. The number of halogens is 1. The second-order valence-corrected chi connectivity index (χ2v) is 3.99. The number of alkyl halides is 1. The number of nitrogens with zero attached hydrogens (tertiary/aromatic N) is 2. The quantitative estimate of drug-likeness (QED) is 0.787. The fourth-order valence-corrected chi connectivity index (χ4v) is 1.21. The summed E-state index contributed by atoms with van der Waals surface area (Å²) in [5.41, 5.74) is 0.914. The fraction of sp³-hybridized carbons (Fsp3) is 0.600. The van der Waals surface area contributed by atoms with E-state index in [1.165, 1.54) is 6.33 Å². The lowest BCUT2D eigenvalue weighted by Gasteiger charge is -2.11. The number of anilines is 1. The van der Waals surface area contributed by atoms with E-state index in [-0.39, 0.29) is 5.38 Å². The summed E-state index contributed by atoms with van der Waals surface area (Å²) < 4.78 is 5.36. The molecule has 4 nitrogen and oxygen atoms in total. The van der Waals surface area contributed by atoms with Crippen molar-refractivity contribution in [2.45, 2.75) is 26.1 Å². The van der Waals surface area contributed by atoms with E-state index in [0.29, 0.717) is 19.0 Å². The number of ether oxygens (including phenoxy) is 1. The van der Waals surface area contributed by atoms with Crippen molar-refractivity contribution in [3.05, 3.63) is 11.9 Å². The lowest BCUT2D eigenvalue weighted by atomic mass is 10.3. The second-order valence-electron chi connectivity index (χ2n) is 3.25. The first-order valence-electron chi connectivity index (χ1n) is 4.97. The maximum atomic E-state index is 5.84. The third kappa shape index (κ3) is 3.55. The Bertz CT molecular complexity index is 318. The molecule has 1 atom stereocenters. The molecule has 0 spiro atoms. The van der Waals surface area contributed by atoms with Crippen LogP contribution in [0.15, 0.2) is 6.33 Å². The first kappa shape index (κ1) is 12.0. The molecule has 0 fully saturated rings. The Morgan fingerprint density at radius 1 is 1.53 bits per heavy atom. The summed E-state index contributed by atoms with van der Waals surface area (Å²) in [4.78, 5) is 8.18. The van der Waals surface area contributed by atoms with Crippen molar-refractivity contribution in [2.24, 2.45) is 0 Å². The number of hydrogen-bond acceptors (Lipinski definition) is 4. The first-order chi connectivity index (χ1) is 7.15. The van der Waals surface area contributed by atoms with Gasteiger partial charge in [-0.3, -0.25) is 0 Å². The average Bonchev–Trinajstić information content (AvgIpc) is 2.19. The van der Waals surface area contributed by atoms with Gasteiger partial charge in [-0.15, -0.1) is 11.6 Å². The Hall–Kier alpha value is -1.03. The minimum atomic E-state index is 0.0647. The highest BCUT2D eigenvalue weighted by molar-refractivity contribution is 6.20. The zero-order valence-electron chi connectivity index (χ0n) is 9.25. The van der Waals surface area contributed by atoms with Crippen LogP contribution in [0.3, 0.4) is 0 Å². The Morgan fingerprint density at radius 3 is 2.87 bits per heavy atom. The zero-order chi connectivity index (χ0) is 11.3. The summed E-state index contributed by atoms with van der Waals surface area (Å²) in [6.07, 6.45) is 1.49. The summed E-state index contributed by atoms with van der Waals surface area (Å²) in [5, 5.41) is 3.21. The van der Waals surface area contributed by atoms with E-state index in [9.17, 15) is 0 Å². The van der Waals surface area contributed by atoms with Crippen LogP contribution < -0.4 is 10.1 Å². The van der Waals surface area contributed by atoms with E-state index in [1.807, 2.05) is 20.8 Å². The number of rotatable bonds is 5. The fourth-order valence-electron chi connectivity index (χ4n) is 1.13. The molecule has 0 saturated carbocycles. The molecule has 0 bridgehead atoms. The molecule has 1 heterocycles. The average molecular weight is 230 g/mol. The van der Waals surface area contributed by atoms with Crippen molar-refractivity contribution in [1.82, 2.24) is 9.97 Å². The molecule has 0 aromatic carbocycles. The molecular formula is C10H16ClN3O. The van der Waals surface area contributed by atoms with E-state index in [4.69, 9.17) is 16.3 Å². The SMILES string of the molecule is CCOc1ncnc(NCC(C)Cl)c1C. The van der Waals surface area contributed by atoms with Gasteiger partial charge in [0.15, 0.2) is 0 Å². The Morgan fingerprint density at radius 2 is 2.27 bits per heavy atom. The highest BCUT2D eigenvalue weighted by atomic mass is 35.5. The van der Waals surface area contributed by atoms with Crippen LogP contribution in [0.1, 0.15) is 19.4 Å². The molecule has 15 heavy (non-hydrogen) atoms. The van der Waals surface area contributed by atoms with Gasteiger partial charge in [-0.25, -0.2) is 9.97 Å². The Labute approximate surface area is 95.0 Å². The van der Waals surface area contributed by atoms with Gasteiger partial charge in [-0.1, -0.05) is 0 Å². The van der Waals surface area contributed by atoms with Crippen molar-refractivity contribution in [1.29, 1.82) is 0 Å². The lowest BCUT2D eigenvalue weighted by molar-refractivity contribution is 0.324. The third-order valence-electron chi connectivity index (χ3n) is 1.87. The molecule has 0 radical (unpaired) electrons. The van der Waals surface area contributed by atoms with Crippen LogP contribution in [0.25, 0.3) is 0 Å². The first-order valence-corrected chi connectivity index (χ1v) is 5.41. The molecule has 0 amide bonds. The minimum Gasteiger partial charge on any atom is -0.478 e. The van der Waals surface area contributed by atoms with Crippen LogP contribution in [0.5, 0.6) is 5.88 Å². The molecule has 1 aromatic heterocycles. The van der Waals surface area contributed by atoms with Crippen molar-refractivity contribution in [2.75, 3.05) is 18.5 Å². The van der Waals surface area contributed by atoms with E-state index in [1.54, 1.807) is 0 Å². The molecule has 0 saturated heterocycles. The summed E-state index contributed by atoms with van der Waals surface area (Å²) >= 11 is 5.84. The van der Waals surface area contributed by atoms with Gasteiger partial charge < -0.3 is 10.1 Å². The molecule has 5 heteroatoms. The van der Waals surface area contributed by atoms with E-state index < -0.39 is 0 Å². The predicted molar refractivity (Wildman–Crippen MR) is 61.7 cm³/mol. The van der Waals surface area contributed by atoms with Crippen molar-refractivity contribution >= 4 is 17.4 Å².